The van der Waals surface area contributed by atoms with Crippen LogP contribution in [0.4, 0.5) is 5.69 Å². The lowest BCUT2D eigenvalue weighted by atomic mass is 10.1. The van der Waals surface area contributed by atoms with Crippen LogP contribution in [-0.4, -0.2) is 18.3 Å². The van der Waals surface area contributed by atoms with E-state index >= 15 is 0 Å². The summed E-state index contributed by atoms with van der Waals surface area (Å²) in [6.07, 6.45) is 2.07. The van der Waals surface area contributed by atoms with Crippen LogP contribution in [0.3, 0.4) is 0 Å². The molecule has 0 heterocycles. The molecule has 2 aromatic carbocycles. The van der Waals surface area contributed by atoms with Crippen LogP contribution >= 0.6 is 12.2 Å². The molecule has 0 spiro atoms. The summed E-state index contributed by atoms with van der Waals surface area (Å²) in [5, 5.41) is 7.13. The third-order valence-electron chi connectivity index (χ3n) is 3.41. The van der Waals surface area contributed by atoms with Gasteiger partial charge in [0.2, 0.25) is 0 Å². The first-order valence-electron chi connectivity index (χ1n) is 7.43. The average molecular weight is 314 g/mol. The molecule has 2 aromatic rings. The van der Waals surface area contributed by atoms with Gasteiger partial charge in [-0.15, -0.1) is 0 Å². The summed E-state index contributed by atoms with van der Waals surface area (Å²) in [4.78, 5) is 0. The van der Waals surface area contributed by atoms with Gasteiger partial charge in [-0.2, -0.15) is 0 Å². The molecule has 0 bridgehead atoms. The van der Waals surface area contributed by atoms with E-state index in [2.05, 4.69) is 41.8 Å². The second-order valence-corrected chi connectivity index (χ2v) is 5.66. The minimum atomic E-state index is 0.311. The van der Waals surface area contributed by atoms with Crippen molar-refractivity contribution in [3.05, 3.63) is 60.2 Å². The summed E-state index contributed by atoms with van der Waals surface area (Å²) in [5.41, 5.74) is 2.27. The number of benzene rings is 2. The van der Waals surface area contributed by atoms with Crippen molar-refractivity contribution in [2.24, 2.45) is 0 Å². The Morgan fingerprint density at radius 2 is 1.91 bits per heavy atom. The molecule has 4 heteroatoms. The zero-order valence-electron chi connectivity index (χ0n) is 13.0. The number of aryl methyl sites for hydroxylation is 1. The van der Waals surface area contributed by atoms with Crippen molar-refractivity contribution < 1.29 is 4.74 Å². The lowest BCUT2D eigenvalue weighted by Gasteiger charge is -2.17. The normalized spacial score (nSPS) is 11.5. The van der Waals surface area contributed by atoms with E-state index in [-0.39, 0.29) is 0 Å². The topological polar surface area (TPSA) is 33.3 Å². The molecule has 0 unspecified atom stereocenters. The van der Waals surface area contributed by atoms with Gasteiger partial charge in [0.05, 0.1) is 7.11 Å². The number of hydrogen-bond acceptors (Lipinski definition) is 2. The summed E-state index contributed by atoms with van der Waals surface area (Å²) >= 11 is 5.36. The van der Waals surface area contributed by atoms with E-state index < -0.39 is 0 Å². The van der Waals surface area contributed by atoms with E-state index in [1.165, 1.54) is 5.56 Å². The first kappa shape index (κ1) is 16.3. The predicted octanol–water partition coefficient (Wildman–Crippen LogP) is 4.00. The fraction of sp³-hybridized carbons (Fsp3) is 0.278. The monoisotopic (exact) mass is 314 g/mol. The maximum Gasteiger partial charge on any atom is 0.170 e. The van der Waals surface area contributed by atoms with Gasteiger partial charge < -0.3 is 15.4 Å². The van der Waals surface area contributed by atoms with Crippen LogP contribution in [0, 0.1) is 0 Å². The molecule has 0 fully saturated rings. The summed E-state index contributed by atoms with van der Waals surface area (Å²) in [6.45, 7) is 2.14. The van der Waals surface area contributed by atoms with Crippen molar-refractivity contribution in [1.29, 1.82) is 0 Å². The van der Waals surface area contributed by atoms with Crippen molar-refractivity contribution >= 4 is 23.0 Å². The number of rotatable bonds is 6. The number of thiocarbonyl (C=S) groups is 1. The Morgan fingerprint density at radius 1 is 1.14 bits per heavy atom. The number of hydrogen-bond donors (Lipinski definition) is 2. The Bertz CT molecular complexity index is 601. The van der Waals surface area contributed by atoms with Crippen LogP contribution in [0.5, 0.6) is 5.75 Å². The van der Waals surface area contributed by atoms with Gasteiger partial charge in [0.15, 0.2) is 5.11 Å². The SMILES string of the molecule is COc1cccc(NC(=S)N[C@H](C)CCc2ccccc2)c1. The summed E-state index contributed by atoms with van der Waals surface area (Å²) < 4.78 is 5.20. The van der Waals surface area contributed by atoms with Crippen LogP contribution in [-0.2, 0) is 6.42 Å². The largest absolute Gasteiger partial charge is 0.497 e. The third-order valence-corrected chi connectivity index (χ3v) is 3.63. The van der Waals surface area contributed by atoms with Crippen molar-refractivity contribution in [3.63, 3.8) is 0 Å². The molecule has 2 N–H and O–H groups in total. The highest BCUT2D eigenvalue weighted by atomic mass is 32.1. The molecule has 116 valence electrons. The Balaban J connectivity index is 1.78. The Labute approximate surface area is 137 Å². The van der Waals surface area contributed by atoms with Crippen LogP contribution < -0.4 is 15.4 Å². The van der Waals surface area contributed by atoms with Crippen molar-refractivity contribution in [2.45, 2.75) is 25.8 Å². The number of methoxy groups -OCH3 is 1. The Kier molecular flexibility index (Phi) is 6.22. The molecule has 0 saturated carbocycles. The molecule has 2 rings (SSSR count). The first-order valence-corrected chi connectivity index (χ1v) is 7.83. The predicted molar refractivity (Wildman–Crippen MR) is 96.6 cm³/mol. The third kappa shape index (κ3) is 5.37. The molecule has 0 aliphatic rings. The van der Waals surface area contributed by atoms with Crippen LogP contribution in [0.1, 0.15) is 18.9 Å². The lowest BCUT2D eigenvalue weighted by molar-refractivity contribution is 0.415. The maximum atomic E-state index is 5.36. The van der Waals surface area contributed by atoms with E-state index in [0.29, 0.717) is 11.2 Å². The highest BCUT2D eigenvalue weighted by molar-refractivity contribution is 7.80. The second kappa shape index (κ2) is 8.39. The van der Waals surface area contributed by atoms with Gasteiger partial charge in [0.1, 0.15) is 5.75 Å². The van der Waals surface area contributed by atoms with Gasteiger partial charge in [-0.3, -0.25) is 0 Å². The standard InChI is InChI=1S/C18H22N2OS/c1-14(11-12-15-7-4-3-5-8-15)19-18(22)20-16-9-6-10-17(13-16)21-2/h3-10,13-14H,11-12H2,1-2H3,(H2,19,20,22)/t14-/m1/s1. The molecule has 1 atom stereocenters. The molecule has 0 aromatic heterocycles. The fourth-order valence-electron chi connectivity index (χ4n) is 2.19. The highest BCUT2D eigenvalue weighted by Crippen LogP contribution is 2.16. The van der Waals surface area contributed by atoms with Gasteiger partial charge in [0.25, 0.3) is 0 Å². The van der Waals surface area contributed by atoms with Crippen molar-refractivity contribution in [3.8, 4) is 5.75 Å². The minimum Gasteiger partial charge on any atom is -0.497 e. The summed E-state index contributed by atoms with van der Waals surface area (Å²) in [6, 6.07) is 18.5. The van der Waals surface area contributed by atoms with Crippen molar-refractivity contribution in [2.75, 3.05) is 12.4 Å². The smallest absolute Gasteiger partial charge is 0.170 e. The summed E-state index contributed by atoms with van der Waals surface area (Å²) in [5.74, 6) is 0.810. The lowest BCUT2D eigenvalue weighted by Crippen LogP contribution is -2.36. The van der Waals surface area contributed by atoms with Crippen LogP contribution in [0.15, 0.2) is 54.6 Å². The molecule has 22 heavy (non-hydrogen) atoms. The Hall–Kier alpha value is -2.07. The molecule has 3 nitrogen and oxygen atoms in total. The van der Waals surface area contributed by atoms with Gasteiger partial charge in [-0.25, -0.2) is 0 Å². The molecule has 0 saturated heterocycles. The van der Waals surface area contributed by atoms with E-state index in [0.717, 1.165) is 24.3 Å². The summed E-state index contributed by atoms with van der Waals surface area (Å²) in [7, 11) is 1.65. The van der Waals surface area contributed by atoms with E-state index in [9.17, 15) is 0 Å². The van der Waals surface area contributed by atoms with Gasteiger partial charge in [-0.05, 0) is 49.7 Å². The first-order chi connectivity index (χ1) is 10.7. The molecular formula is C18H22N2OS. The highest BCUT2D eigenvalue weighted by Gasteiger charge is 2.05. The van der Waals surface area contributed by atoms with E-state index in [1.54, 1.807) is 7.11 Å². The number of ether oxygens (including phenoxy) is 1. The van der Waals surface area contributed by atoms with Gasteiger partial charge in [0, 0.05) is 17.8 Å². The van der Waals surface area contributed by atoms with Gasteiger partial charge in [-0.1, -0.05) is 36.4 Å². The maximum absolute atomic E-state index is 5.36. The second-order valence-electron chi connectivity index (χ2n) is 5.26. The van der Waals surface area contributed by atoms with E-state index in [1.807, 2.05) is 30.3 Å². The fourth-order valence-corrected chi connectivity index (χ4v) is 2.51. The van der Waals surface area contributed by atoms with Crippen molar-refractivity contribution in [1.82, 2.24) is 5.32 Å². The molecule has 0 aliphatic heterocycles. The zero-order chi connectivity index (χ0) is 15.8. The van der Waals surface area contributed by atoms with Crippen LogP contribution in [0.25, 0.3) is 0 Å². The molecular weight excluding hydrogens is 292 g/mol. The average Bonchev–Trinajstić information content (AvgIpc) is 2.54. The van der Waals surface area contributed by atoms with Gasteiger partial charge >= 0.3 is 0 Å². The quantitative estimate of drug-likeness (QED) is 0.790. The minimum absolute atomic E-state index is 0.311. The number of nitrogens with one attached hydrogen (secondary N) is 2. The molecule has 0 aliphatic carbocycles. The molecule has 0 amide bonds. The van der Waals surface area contributed by atoms with Crippen LogP contribution in [0.2, 0.25) is 0 Å². The number of anilines is 1. The van der Waals surface area contributed by atoms with E-state index in [4.69, 9.17) is 17.0 Å². The molecule has 0 radical (unpaired) electrons. The Morgan fingerprint density at radius 3 is 2.64 bits per heavy atom. The zero-order valence-corrected chi connectivity index (χ0v) is 13.8.